The highest BCUT2D eigenvalue weighted by molar-refractivity contribution is 5.94. The number of carbonyl (C=O) groups is 1. The predicted octanol–water partition coefficient (Wildman–Crippen LogP) is 3.54. The zero-order valence-corrected chi connectivity index (χ0v) is 18.7. The van der Waals surface area contributed by atoms with Gasteiger partial charge in [-0.1, -0.05) is 0 Å². The van der Waals surface area contributed by atoms with Crippen LogP contribution < -0.4 is 10.9 Å². The fourth-order valence-electron chi connectivity index (χ4n) is 5.85. The molecule has 2 saturated heterocycles. The van der Waals surface area contributed by atoms with Gasteiger partial charge in [0.05, 0.1) is 5.56 Å². The Bertz CT molecular complexity index is 1040. The summed E-state index contributed by atoms with van der Waals surface area (Å²) in [5, 5.41) is 3.85. The number of benzene rings is 1. The van der Waals surface area contributed by atoms with Crippen LogP contribution in [-0.2, 0) is 17.8 Å². The first kappa shape index (κ1) is 20.7. The second kappa shape index (κ2) is 8.40. The molecule has 166 valence electrons. The highest BCUT2D eigenvalue weighted by atomic mass is 16.4. The minimum absolute atomic E-state index is 0.0955. The van der Waals surface area contributed by atoms with Crippen LogP contribution in [0.2, 0.25) is 0 Å². The van der Waals surface area contributed by atoms with Crippen LogP contribution in [0.5, 0.6) is 0 Å². The first-order valence-electron chi connectivity index (χ1n) is 11.8. The number of nitrogens with zero attached hydrogens (tertiary/aromatic N) is 2. The zero-order valence-electron chi connectivity index (χ0n) is 18.7. The van der Waals surface area contributed by atoms with Gasteiger partial charge in [0.1, 0.15) is 5.58 Å². The van der Waals surface area contributed by atoms with E-state index in [1.807, 2.05) is 19.1 Å². The number of rotatable bonds is 4. The Morgan fingerprint density at radius 1 is 1.06 bits per heavy atom. The van der Waals surface area contributed by atoms with Gasteiger partial charge in [0.2, 0.25) is 5.91 Å². The number of amides is 1. The minimum atomic E-state index is -0.216. The van der Waals surface area contributed by atoms with Gasteiger partial charge in [-0.25, -0.2) is 4.79 Å². The monoisotopic (exact) mass is 423 g/mol. The maximum absolute atomic E-state index is 12.8. The van der Waals surface area contributed by atoms with Gasteiger partial charge in [-0.15, -0.1) is 0 Å². The average Bonchev–Trinajstić information content (AvgIpc) is 3.06. The Labute approximate surface area is 183 Å². The summed E-state index contributed by atoms with van der Waals surface area (Å²) in [5.41, 5.74) is 3.95. The van der Waals surface area contributed by atoms with Crippen molar-refractivity contribution in [2.24, 2.45) is 11.8 Å². The van der Waals surface area contributed by atoms with Crippen molar-refractivity contribution in [2.45, 2.75) is 52.5 Å². The summed E-state index contributed by atoms with van der Waals surface area (Å²) in [5.74, 6) is 1.68. The third kappa shape index (κ3) is 4.28. The van der Waals surface area contributed by atoms with Gasteiger partial charge in [-0.3, -0.25) is 9.69 Å². The summed E-state index contributed by atoms with van der Waals surface area (Å²) in [7, 11) is 0. The van der Waals surface area contributed by atoms with Crippen LogP contribution in [-0.4, -0.2) is 48.4 Å². The van der Waals surface area contributed by atoms with Gasteiger partial charge < -0.3 is 14.6 Å². The van der Waals surface area contributed by atoms with E-state index in [0.29, 0.717) is 12.1 Å². The lowest BCUT2D eigenvalue weighted by Crippen LogP contribution is -2.40. The number of anilines is 1. The molecule has 0 unspecified atom stereocenters. The highest BCUT2D eigenvalue weighted by Crippen LogP contribution is 2.34. The molecular weight excluding hydrogens is 390 g/mol. The zero-order chi connectivity index (χ0) is 21.5. The molecule has 1 aromatic heterocycles. The van der Waals surface area contributed by atoms with Gasteiger partial charge in [0.15, 0.2) is 0 Å². The molecule has 1 aromatic carbocycles. The Balaban J connectivity index is 1.34. The molecule has 1 aliphatic carbocycles. The lowest BCUT2D eigenvalue weighted by atomic mass is 9.84. The Hall–Kier alpha value is -2.18. The van der Waals surface area contributed by atoms with Crippen LogP contribution in [0, 0.1) is 18.8 Å². The molecule has 1 amide bonds. The predicted molar refractivity (Wildman–Crippen MR) is 122 cm³/mol. The fourth-order valence-corrected chi connectivity index (χ4v) is 5.85. The smallest absolute Gasteiger partial charge is 0.341 e. The fraction of sp³-hybridized carbons (Fsp3) is 0.600. The van der Waals surface area contributed by atoms with E-state index in [9.17, 15) is 9.59 Å². The molecule has 1 saturated carbocycles. The van der Waals surface area contributed by atoms with Gasteiger partial charge in [-0.2, -0.15) is 0 Å². The summed E-state index contributed by atoms with van der Waals surface area (Å²) in [6.45, 7) is 9.62. The molecule has 31 heavy (non-hydrogen) atoms. The normalized spacial score (nSPS) is 24.2. The summed E-state index contributed by atoms with van der Waals surface area (Å²) in [6, 6.07) is 3.83. The van der Waals surface area contributed by atoms with Gasteiger partial charge in [0.25, 0.3) is 0 Å². The van der Waals surface area contributed by atoms with Crippen molar-refractivity contribution in [1.29, 1.82) is 0 Å². The van der Waals surface area contributed by atoms with E-state index in [1.165, 1.54) is 45.7 Å². The average molecular weight is 424 g/mol. The topological polar surface area (TPSA) is 65.8 Å². The Kier molecular flexibility index (Phi) is 5.61. The summed E-state index contributed by atoms with van der Waals surface area (Å²) in [4.78, 5) is 29.4. The quantitative estimate of drug-likeness (QED) is 0.762. The van der Waals surface area contributed by atoms with Crippen molar-refractivity contribution < 1.29 is 9.21 Å². The Morgan fingerprint density at radius 3 is 2.42 bits per heavy atom. The summed E-state index contributed by atoms with van der Waals surface area (Å²) >= 11 is 0. The third-order valence-electron chi connectivity index (χ3n) is 7.57. The molecule has 3 fully saturated rings. The van der Waals surface area contributed by atoms with Crippen molar-refractivity contribution in [3.05, 3.63) is 39.2 Å². The maximum atomic E-state index is 12.8. The van der Waals surface area contributed by atoms with E-state index >= 15 is 0 Å². The van der Waals surface area contributed by atoms with Crippen LogP contribution in [0.1, 0.15) is 49.3 Å². The van der Waals surface area contributed by atoms with Crippen molar-refractivity contribution in [1.82, 2.24) is 9.80 Å². The van der Waals surface area contributed by atoms with E-state index in [4.69, 9.17) is 4.42 Å². The summed E-state index contributed by atoms with van der Waals surface area (Å²) in [6.07, 6.45) is 6.47. The van der Waals surface area contributed by atoms with Crippen molar-refractivity contribution >= 4 is 22.6 Å². The standard InChI is InChI=1S/C25H33N3O3/c1-16-11-24-21(12-23(16)26-17(2)29)20-7-8-27(15-22(20)25(30)31-24)9-10-28-13-18-3-4-19(14-28)6-5-18/h11-12,18-19H,3-10,13-15H2,1-2H3,(H,26,29). The van der Waals surface area contributed by atoms with E-state index in [2.05, 4.69) is 15.1 Å². The molecule has 4 heterocycles. The van der Waals surface area contributed by atoms with Crippen LogP contribution in [0.3, 0.4) is 0 Å². The number of fused-ring (bicyclic) bond motifs is 7. The highest BCUT2D eigenvalue weighted by Gasteiger charge is 2.30. The molecule has 6 rings (SSSR count). The van der Waals surface area contributed by atoms with Gasteiger partial charge >= 0.3 is 5.63 Å². The second-order valence-corrected chi connectivity index (χ2v) is 9.86. The van der Waals surface area contributed by atoms with E-state index in [1.54, 1.807) is 0 Å². The summed E-state index contributed by atoms with van der Waals surface area (Å²) < 4.78 is 5.69. The molecule has 4 aliphatic rings. The van der Waals surface area contributed by atoms with Crippen LogP contribution in [0.4, 0.5) is 5.69 Å². The molecule has 2 bridgehead atoms. The second-order valence-electron chi connectivity index (χ2n) is 9.86. The van der Waals surface area contributed by atoms with Crippen LogP contribution in [0.15, 0.2) is 21.3 Å². The van der Waals surface area contributed by atoms with Crippen LogP contribution >= 0.6 is 0 Å². The van der Waals surface area contributed by atoms with Crippen LogP contribution in [0.25, 0.3) is 11.0 Å². The number of hydrogen-bond donors (Lipinski definition) is 1. The lowest BCUT2D eigenvalue weighted by molar-refractivity contribution is -0.114. The molecule has 3 aliphatic heterocycles. The largest absolute Gasteiger partial charge is 0.422 e. The molecule has 0 radical (unpaired) electrons. The van der Waals surface area contributed by atoms with E-state index < -0.39 is 0 Å². The number of aryl methyl sites for hydroxylation is 1. The van der Waals surface area contributed by atoms with Gasteiger partial charge in [0, 0.05) is 57.3 Å². The molecule has 0 spiro atoms. The van der Waals surface area contributed by atoms with E-state index in [-0.39, 0.29) is 11.5 Å². The third-order valence-corrected chi connectivity index (χ3v) is 7.57. The molecule has 6 nitrogen and oxygen atoms in total. The molecular formula is C25H33N3O3. The Morgan fingerprint density at radius 2 is 1.74 bits per heavy atom. The van der Waals surface area contributed by atoms with E-state index in [0.717, 1.165) is 65.7 Å². The number of nitrogens with one attached hydrogen (secondary N) is 1. The molecule has 1 N–H and O–H groups in total. The van der Waals surface area contributed by atoms with Gasteiger partial charge in [-0.05, 0) is 74.1 Å². The molecule has 6 heteroatoms. The lowest BCUT2D eigenvalue weighted by Gasteiger charge is -2.31. The molecule has 0 atom stereocenters. The number of hydrogen-bond acceptors (Lipinski definition) is 5. The minimum Gasteiger partial charge on any atom is -0.422 e. The maximum Gasteiger partial charge on any atom is 0.341 e. The SMILES string of the molecule is CC(=O)Nc1cc2c3c(c(=O)oc2cc1C)CN(CCN1CC2CCC(CC2)C1)CC3. The first-order valence-corrected chi connectivity index (χ1v) is 11.8. The molecule has 2 aromatic rings. The number of carbonyl (C=O) groups excluding carboxylic acids is 1. The van der Waals surface area contributed by atoms with Crippen molar-refractivity contribution in [2.75, 3.05) is 38.0 Å². The van der Waals surface area contributed by atoms with Crippen molar-refractivity contribution in [3.8, 4) is 0 Å². The van der Waals surface area contributed by atoms with Crippen molar-refractivity contribution in [3.63, 3.8) is 0 Å². The first-order chi connectivity index (χ1) is 15.0.